The maximum Gasteiger partial charge on any atom is 0.179 e. The van der Waals surface area contributed by atoms with Crippen molar-refractivity contribution in [3.8, 4) is 0 Å². The second-order valence-corrected chi connectivity index (χ2v) is 10.2. The van der Waals surface area contributed by atoms with Crippen LogP contribution < -0.4 is 4.98 Å². The summed E-state index contributed by atoms with van der Waals surface area (Å²) in [7, 11) is -1.65. The number of anilines is 1. The predicted octanol–water partition coefficient (Wildman–Crippen LogP) is 5.15. The predicted molar refractivity (Wildman–Crippen MR) is 87.8 cm³/mol. The van der Waals surface area contributed by atoms with Gasteiger partial charge in [0.15, 0.2) is 8.24 Å². The van der Waals surface area contributed by atoms with Gasteiger partial charge in [0.25, 0.3) is 0 Å². The summed E-state index contributed by atoms with van der Waals surface area (Å²) in [6, 6.07) is 10.6. The van der Waals surface area contributed by atoms with Gasteiger partial charge < -0.3 is 4.98 Å². The topological polar surface area (TPSA) is 12.0 Å². The highest BCUT2D eigenvalue weighted by atomic mass is 28.3. The minimum atomic E-state index is -1.65. The molecule has 0 amide bonds. The first-order valence-electron chi connectivity index (χ1n) is 7.07. The summed E-state index contributed by atoms with van der Waals surface area (Å²) in [6.45, 7) is 14.0. The van der Waals surface area contributed by atoms with Crippen LogP contribution in [0.2, 0.25) is 13.1 Å². The minimum Gasteiger partial charge on any atom is -0.407 e. The Morgan fingerprint density at radius 3 is 2.00 bits per heavy atom. The van der Waals surface area contributed by atoms with Crippen LogP contribution in [0.25, 0.3) is 0 Å². The number of rotatable bonds is 3. The summed E-state index contributed by atoms with van der Waals surface area (Å²) in [5.74, 6) is 0.611. The molecule has 2 rings (SSSR count). The second kappa shape index (κ2) is 5.01. The molecule has 0 aromatic heterocycles. The number of benzene rings is 1. The molecule has 1 unspecified atom stereocenters. The van der Waals surface area contributed by atoms with E-state index in [1.807, 2.05) is 0 Å². The van der Waals surface area contributed by atoms with Crippen LogP contribution in [-0.2, 0) is 0 Å². The van der Waals surface area contributed by atoms with Crippen molar-refractivity contribution in [3.05, 3.63) is 52.2 Å². The summed E-state index contributed by atoms with van der Waals surface area (Å²) in [6.07, 6.45) is 0. The van der Waals surface area contributed by atoms with Gasteiger partial charge >= 0.3 is 0 Å². The quantitative estimate of drug-likeness (QED) is 0.750. The van der Waals surface area contributed by atoms with Crippen LogP contribution >= 0.6 is 0 Å². The van der Waals surface area contributed by atoms with Gasteiger partial charge in [0, 0.05) is 5.69 Å². The number of hydrogen-bond donors (Lipinski definition) is 1. The maximum absolute atomic E-state index is 3.81. The van der Waals surface area contributed by atoms with E-state index in [2.05, 4.69) is 76.1 Å². The van der Waals surface area contributed by atoms with E-state index in [1.54, 1.807) is 16.3 Å². The van der Waals surface area contributed by atoms with Crippen LogP contribution in [0.4, 0.5) is 5.69 Å². The van der Waals surface area contributed by atoms with Crippen LogP contribution in [0.1, 0.15) is 27.7 Å². The zero-order chi connectivity index (χ0) is 14.2. The Kier molecular flexibility index (Phi) is 3.72. The molecule has 1 aliphatic rings. The number of hydrogen-bond acceptors (Lipinski definition) is 1. The fourth-order valence-electron chi connectivity index (χ4n) is 3.27. The molecule has 1 aromatic carbocycles. The van der Waals surface area contributed by atoms with Gasteiger partial charge in [-0.15, -0.1) is 0 Å². The van der Waals surface area contributed by atoms with Crippen molar-refractivity contribution in [3.63, 3.8) is 0 Å². The van der Waals surface area contributed by atoms with Crippen LogP contribution in [-0.4, -0.2) is 8.24 Å². The fourth-order valence-corrected chi connectivity index (χ4v) is 6.62. The van der Waals surface area contributed by atoms with E-state index >= 15 is 0 Å². The minimum absolute atomic E-state index is 0.611. The highest BCUT2D eigenvalue weighted by Gasteiger charge is 2.35. The Labute approximate surface area is 118 Å². The van der Waals surface area contributed by atoms with Crippen molar-refractivity contribution in [2.45, 2.75) is 40.8 Å². The highest BCUT2D eigenvalue weighted by Crippen LogP contribution is 2.41. The summed E-state index contributed by atoms with van der Waals surface area (Å²) < 4.78 is 0. The lowest BCUT2D eigenvalue weighted by Gasteiger charge is -2.29. The van der Waals surface area contributed by atoms with Crippen LogP contribution in [0.5, 0.6) is 0 Å². The van der Waals surface area contributed by atoms with E-state index in [-0.39, 0.29) is 0 Å². The lowest BCUT2D eigenvalue weighted by molar-refractivity contribution is 0.816. The van der Waals surface area contributed by atoms with E-state index in [0.717, 1.165) is 0 Å². The Morgan fingerprint density at radius 2 is 1.53 bits per heavy atom. The van der Waals surface area contributed by atoms with Crippen molar-refractivity contribution >= 4 is 13.9 Å². The lowest BCUT2D eigenvalue weighted by Crippen LogP contribution is -2.40. The smallest absolute Gasteiger partial charge is 0.179 e. The third-order valence-electron chi connectivity index (χ3n) is 4.52. The zero-order valence-corrected chi connectivity index (χ0v) is 14.0. The summed E-state index contributed by atoms with van der Waals surface area (Å²) >= 11 is 0. The summed E-state index contributed by atoms with van der Waals surface area (Å²) in [4.78, 5) is 3.81. The molecule has 2 heteroatoms. The summed E-state index contributed by atoms with van der Waals surface area (Å²) in [5, 5.41) is 1.61. The van der Waals surface area contributed by atoms with Crippen LogP contribution in [0.15, 0.2) is 52.2 Å². The average molecular weight is 271 g/mol. The van der Waals surface area contributed by atoms with Gasteiger partial charge in [0.1, 0.15) is 0 Å². The van der Waals surface area contributed by atoms with Gasteiger partial charge in [-0.2, -0.15) is 0 Å². The summed E-state index contributed by atoms with van der Waals surface area (Å²) in [5.41, 5.74) is 5.87. The molecule has 0 spiro atoms. The molecule has 19 heavy (non-hydrogen) atoms. The third-order valence-corrected chi connectivity index (χ3v) is 7.45. The molecule has 102 valence electrons. The van der Waals surface area contributed by atoms with Gasteiger partial charge in [0.05, 0.1) is 0 Å². The Morgan fingerprint density at radius 1 is 0.947 bits per heavy atom. The molecule has 1 aromatic rings. The van der Waals surface area contributed by atoms with E-state index in [1.165, 1.54) is 11.3 Å². The molecule has 0 aliphatic heterocycles. The average Bonchev–Trinajstić information content (AvgIpc) is 2.55. The normalized spacial score (nSPS) is 20.2. The van der Waals surface area contributed by atoms with Crippen LogP contribution in [0.3, 0.4) is 0 Å². The van der Waals surface area contributed by atoms with Gasteiger partial charge in [-0.1, -0.05) is 41.8 Å². The molecular formula is C17H25NSi. The molecular weight excluding hydrogens is 246 g/mol. The SMILES string of the molecule is CC1=C(C)C(C)C(C)=C1[Si](C)(C)Nc1ccccc1. The highest BCUT2D eigenvalue weighted by molar-refractivity contribution is 6.88. The number of para-hydroxylation sites is 1. The Bertz CT molecular complexity index is 538. The first-order valence-corrected chi connectivity index (χ1v) is 10.1. The molecule has 0 saturated heterocycles. The van der Waals surface area contributed by atoms with Gasteiger partial charge in [-0.05, 0) is 57.1 Å². The van der Waals surface area contributed by atoms with E-state index < -0.39 is 8.24 Å². The molecule has 0 fully saturated rings. The third kappa shape index (κ3) is 2.55. The number of allylic oxidation sites excluding steroid dienone is 4. The molecule has 0 bridgehead atoms. The maximum atomic E-state index is 3.81. The molecule has 1 nitrogen and oxygen atoms in total. The van der Waals surface area contributed by atoms with Gasteiger partial charge in [-0.25, -0.2) is 0 Å². The van der Waals surface area contributed by atoms with Crippen molar-refractivity contribution < 1.29 is 0 Å². The molecule has 1 atom stereocenters. The second-order valence-electron chi connectivity index (χ2n) is 6.20. The van der Waals surface area contributed by atoms with Crippen LogP contribution in [0, 0.1) is 5.92 Å². The van der Waals surface area contributed by atoms with Crippen molar-refractivity contribution in [1.82, 2.24) is 0 Å². The van der Waals surface area contributed by atoms with Crippen molar-refractivity contribution in [1.29, 1.82) is 0 Å². The molecule has 0 heterocycles. The monoisotopic (exact) mass is 271 g/mol. The molecule has 1 N–H and O–H groups in total. The largest absolute Gasteiger partial charge is 0.407 e. The standard InChI is InChI=1S/C17H25NSi/c1-12-13(2)15(4)17(14(12)3)19(5,6)18-16-10-8-7-9-11-16/h7-12,18H,1-6H3. The van der Waals surface area contributed by atoms with E-state index in [4.69, 9.17) is 0 Å². The van der Waals surface area contributed by atoms with Crippen molar-refractivity contribution in [2.24, 2.45) is 5.92 Å². The Balaban J connectivity index is 2.35. The van der Waals surface area contributed by atoms with Gasteiger partial charge in [-0.3, -0.25) is 0 Å². The zero-order valence-electron chi connectivity index (χ0n) is 13.0. The lowest BCUT2D eigenvalue weighted by atomic mass is 10.0. The van der Waals surface area contributed by atoms with Gasteiger partial charge in [0.2, 0.25) is 0 Å². The van der Waals surface area contributed by atoms with E-state index in [9.17, 15) is 0 Å². The number of nitrogens with one attached hydrogen (secondary N) is 1. The van der Waals surface area contributed by atoms with Crippen molar-refractivity contribution in [2.75, 3.05) is 4.98 Å². The first-order chi connectivity index (χ1) is 8.84. The first kappa shape index (κ1) is 14.1. The molecule has 0 radical (unpaired) electrons. The fraction of sp³-hybridized carbons (Fsp3) is 0.412. The Hall–Kier alpha value is -1.28. The van der Waals surface area contributed by atoms with E-state index in [0.29, 0.717) is 5.92 Å². The molecule has 1 aliphatic carbocycles. The molecule has 0 saturated carbocycles.